The topological polar surface area (TPSA) is 96.2 Å². The van der Waals surface area contributed by atoms with Crippen molar-refractivity contribution in [2.75, 3.05) is 56.2 Å². The van der Waals surface area contributed by atoms with Crippen LogP contribution in [0, 0.1) is 10.1 Å². The number of anilines is 2. The average molecular weight is 463 g/mol. The number of nitro benzene ring substituents is 1. The van der Waals surface area contributed by atoms with E-state index in [-0.39, 0.29) is 10.6 Å². The number of morpholine rings is 1. The molecule has 2 aromatic carbocycles. The van der Waals surface area contributed by atoms with E-state index in [2.05, 4.69) is 4.90 Å². The van der Waals surface area contributed by atoms with Crippen LogP contribution in [0.15, 0.2) is 47.4 Å². The van der Waals surface area contributed by atoms with Gasteiger partial charge in [-0.05, 0) is 23.8 Å². The van der Waals surface area contributed by atoms with Gasteiger partial charge in [-0.15, -0.1) is 0 Å². The molecule has 10 heteroatoms. The number of rotatable bonds is 9. The Balaban J connectivity index is 1.92. The van der Waals surface area contributed by atoms with Gasteiger partial charge in [-0.25, -0.2) is 8.42 Å². The summed E-state index contributed by atoms with van der Waals surface area (Å²) in [7, 11) is -2.01. The number of ether oxygens (including phenoxy) is 1. The van der Waals surface area contributed by atoms with Crippen molar-refractivity contribution in [3.8, 4) is 0 Å². The van der Waals surface area contributed by atoms with Gasteiger partial charge in [-0.2, -0.15) is 4.31 Å². The molecule has 32 heavy (non-hydrogen) atoms. The molecule has 0 radical (unpaired) electrons. The van der Waals surface area contributed by atoms with Crippen molar-refractivity contribution in [1.29, 1.82) is 0 Å². The number of nitrogens with zero attached hydrogens (tertiary/aromatic N) is 4. The van der Waals surface area contributed by atoms with Gasteiger partial charge in [0.25, 0.3) is 5.69 Å². The van der Waals surface area contributed by atoms with Gasteiger partial charge in [0.15, 0.2) is 0 Å². The lowest BCUT2D eigenvalue weighted by atomic mass is 10.1. The molecule has 2 aromatic rings. The van der Waals surface area contributed by atoms with Crippen molar-refractivity contribution in [1.82, 2.24) is 4.31 Å². The summed E-state index contributed by atoms with van der Waals surface area (Å²) >= 11 is 0. The van der Waals surface area contributed by atoms with Crippen LogP contribution in [0.25, 0.3) is 0 Å². The molecule has 0 aliphatic carbocycles. The highest BCUT2D eigenvalue weighted by molar-refractivity contribution is 7.89. The van der Waals surface area contributed by atoms with Crippen LogP contribution in [0.1, 0.15) is 19.4 Å². The van der Waals surface area contributed by atoms with Crippen molar-refractivity contribution in [3.63, 3.8) is 0 Å². The summed E-state index contributed by atoms with van der Waals surface area (Å²) in [4.78, 5) is 15.3. The molecule has 0 spiro atoms. The zero-order chi connectivity index (χ0) is 23.3. The van der Waals surface area contributed by atoms with Crippen molar-refractivity contribution in [2.24, 2.45) is 0 Å². The molecule has 0 N–H and O–H groups in total. The molecule has 174 valence electrons. The Hall–Kier alpha value is -2.69. The van der Waals surface area contributed by atoms with Crippen LogP contribution in [0.3, 0.4) is 0 Å². The third-order valence-electron chi connectivity index (χ3n) is 5.65. The van der Waals surface area contributed by atoms with Gasteiger partial charge < -0.3 is 14.5 Å². The fourth-order valence-electron chi connectivity index (χ4n) is 3.94. The van der Waals surface area contributed by atoms with Crippen LogP contribution in [0.2, 0.25) is 0 Å². The minimum Gasteiger partial charge on any atom is -0.378 e. The van der Waals surface area contributed by atoms with Crippen molar-refractivity contribution in [3.05, 3.63) is 58.1 Å². The second-order valence-corrected chi connectivity index (χ2v) is 9.52. The van der Waals surface area contributed by atoms with Crippen LogP contribution in [-0.2, 0) is 21.3 Å². The van der Waals surface area contributed by atoms with E-state index in [0.717, 1.165) is 30.4 Å². The molecule has 0 amide bonds. The van der Waals surface area contributed by atoms with Gasteiger partial charge in [0, 0.05) is 51.5 Å². The SMILES string of the molecule is CCN(CC)S(=O)(=O)c1ccc(N(C)Cc2ccccc2N2CCOCC2)c([N+](=O)[O-])c1. The number of benzene rings is 2. The molecule has 1 aliphatic rings. The molecular weight excluding hydrogens is 432 g/mol. The van der Waals surface area contributed by atoms with Gasteiger partial charge in [0.05, 0.1) is 23.0 Å². The van der Waals surface area contributed by atoms with Crippen LogP contribution < -0.4 is 9.80 Å². The van der Waals surface area contributed by atoms with Crippen LogP contribution in [0.4, 0.5) is 17.1 Å². The van der Waals surface area contributed by atoms with E-state index in [1.54, 1.807) is 25.8 Å². The Bertz CT molecular complexity index is 1050. The van der Waals surface area contributed by atoms with Crippen molar-refractivity contribution >= 4 is 27.1 Å². The first kappa shape index (κ1) is 24.0. The number of sulfonamides is 1. The zero-order valence-electron chi connectivity index (χ0n) is 18.7. The molecule has 3 rings (SSSR count). The minimum absolute atomic E-state index is 0.0706. The van der Waals surface area contributed by atoms with Crippen LogP contribution >= 0.6 is 0 Å². The lowest BCUT2D eigenvalue weighted by Gasteiger charge is -2.31. The zero-order valence-corrected chi connectivity index (χ0v) is 19.5. The molecule has 0 atom stereocenters. The number of para-hydroxylation sites is 1. The Morgan fingerprint density at radius 2 is 1.75 bits per heavy atom. The largest absolute Gasteiger partial charge is 0.378 e. The number of nitro groups is 1. The predicted octanol–water partition coefficient (Wildman–Crippen LogP) is 3.10. The summed E-state index contributed by atoms with van der Waals surface area (Å²) in [6.07, 6.45) is 0. The van der Waals surface area contributed by atoms with E-state index in [0.29, 0.717) is 38.5 Å². The maximum atomic E-state index is 12.8. The number of hydrogen-bond donors (Lipinski definition) is 0. The average Bonchev–Trinajstić information content (AvgIpc) is 2.80. The first-order valence-electron chi connectivity index (χ1n) is 10.7. The van der Waals surface area contributed by atoms with E-state index >= 15 is 0 Å². The van der Waals surface area contributed by atoms with Gasteiger partial charge in [-0.3, -0.25) is 10.1 Å². The Kier molecular flexibility index (Phi) is 7.70. The van der Waals surface area contributed by atoms with Gasteiger partial charge in [0.2, 0.25) is 10.0 Å². The standard InChI is InChI=1S/C22H30N4O5S/c1-4-25(5-2)32(29,30)19-10-11-21(22(16-19)26(27)28)23(3)17-18-8-6-7-9-20(18)24-12-14-31-15-13-24/h6-11,16H,4-5,12-15,17H2,1-3H3. The maximum absolute atomic E-state index is 12.8. The van der Waals surface area contributed by atoms with Gasteiger partial charge in [0.1, 0.15) is 5.69 Å². The third kappa shape index (κ3) is 5.03. The summed E-state index contributed by atoms with van der Waals surface area (Å²) in [5, 5.41) is 11.8. The van der Waals surface area contributed by atoms with Crippen LogP contribution in [-0.4, -0.2) is 64.1 Å². The fraction of sp³-hybridized carbons (Fsp3) is 0.455. The molecule has 1 saturated heterocycles. The Labute approximate surface area is 189 Å². The monoisotopic (exact) mass is 462 g/mol. The summed E-state index contributed by atoms with van der Waals surface area (Å²) < 4.78 is 32.4. The Morgan fingerprint density at radius 3 is 2.38 bits per heavy atom. The molecule has 1 heterocycles. The summed E-state index contributed by atoms with van der Waals surface area (Å²) in [6, 6.07) is 12.1. The second kappa shape index (κ2) is 10.3. The molecule has 0 saturated carbocycles. The third-order valence-corrected chi connectivity index (χ3v) is 7.69. The van der Waals surface area contributed by atoms with E-state index in [1.807, 2.05) is 24.3 Å². The fourth-order valence-corrected chi connectivity index (χ4v) is 5.42. The first-order valence-corrected chi connectivity index (χ1v) is 12.1. The van der Waals surface area contributed by atoms with Gasteiger partial charge >= 0.3 is 0 Å². The van der Waals surface area contributed by atoms with E-state index < -0.39 is 14.9 Å². The molecule has 1 aliphatic heterocycles. The van der Waals surface area contributed by atoms with Crippen molar-refractivity contribution < 1.29 is 18.1 Å². The molecular formula is C22H30N4O5S. The number of hydrogen-bond acceptors (Lipinski definition) is 7. The maximum Gasteiger partial charge on any atom is 0.293 e. The molecule has 0 bridgehead atoms. The quantitative estimate of drug-likeness (QED) is 0.417. The smallest absolute Gasteiger partial charge is 0.293 e. The molecule has 0 unspecified atom stereocenters. The highest BCUT2D eigenvalue weighted by Gasteiger charge is 2.27. The summed E-state index contributed by atoms with van der Waals surface area (Å²) in [5.41, 5.74) is 2.24. The minimum atomic E-state index is -3.79. The Morgan fingerprint density at radius 1 is 1.09 bits per heavy atom. The van der Waals surface area contributed by atoms with Crippen LogP contribution in [0.5, 0.6) is 0 Å². The summed E-state index contributed by atoms with van der Waals surface area (Å²) in [6.45, 7) is 7.43. The van der Waals surface area contributed by atoms with E-state index in [1.165, 1.54) is 16.4 Å². The lowest BCUT2D eigenvalue weighted by Crippen LogP contribution is -2.37. The van der Waals surface area contributed by atoms with Gasteiger partial charge in [-0.1, -0.05) is 32.0 Å². The molecule has 9 nitrogen and oxygen atoms in total. The van der Waals surface area contributed by atoms with Crippen molar-refractivity contribution in [2.45, 2.75) is 25.3 Å². The second-order valence-electron chi connectivity index (χ2n) is 7.58. The first-order chi connectivity index (χ1) is 15.3. The molecule has 1 fully saturated rings. The van der Waals surface area contributed by atoms with E-state index in [4.69, 9.17) is 4.74 Å². The highest BCUT2D eigenvalue weighted by atomic mass is 32.2. The predicted molar refractivity (Wildman–Crippen MR) is 125 cm³/mol. The van der Waals surface area contributed by atoms with E-state index in [9.17, 15) is 18.5 Å². The summed E-state index contributed by atoms with van der Waals surface area (Å²) in [5.74, 6) is 0. The highest BCUT2D eigenvalue weighted by Crippen LogP contribution is 2.33. The normalized spacial score (nSPS) is 14.6. The lowest BCUT2D eigenvalue weighted by molar-refractivity contribution is -0.384. The molecule has 0 aromatic heterocycles.